The summed E-state index contributed by atoms with van der Waals surface area (Å²) in [5.74, 6) is -2.20. The number of benzene rings is 1. The van der Waals surface area contributed by atoms with Gasteiger partial charge in [-0.25, -0.2) is 0 Å². The quantitative estimate of drug-likeness (QED) is 0.545. The van der Waals surface area contributed by atoms with Gasteiger partial charge in [0, 0.05) is 17.1 Å². The number of esters is 1. The maximum Gasteiger partial charge on any atom is 0.582 e. The first kappa shape index (κ1) is 17.8. The van der Waals surface area contributed by atoms with Crippen molar-refractivity contribution in [3.63, 3.8) is 0 Å². The molecule has 0 unspecified atom stereocenters. The minimum Gasteiger partial charge on any atom is -0.461 e. The Labute approximate surface area is 130 Å². The highest BCUT2D eigenvalue weighted by atomic mass is 16.5. The summed E-state index contributed by atoms with van der Waals surface area (Å²) in [4.78, 5) is 34.9. The van der Waals surface area contributed by atoms with Crippen LogP contribution in [0, 0.1) is 11.8 Å². The number of Topliss-reactive ketones (excluding diaryl/α,β-unsaturated/α-hetero) is 1. The maximum absolute atomic E-state index is 11.9. The van der Waals surface area contributed by atoms with E-state index in [9.17, 15) is 14.4 Å². The van der Waals surface area contributed by atoms with Gasteiger partial charge in [-0.05, 0) is 12.5 Å². The number of hydrogen-bond acceptors (Lipinski definition) is 4. The summed E-state index contributed by atoms with van der Waals surface area (Å²) in [6.45, 7) is 6.45. The van der Waals surface area contributed by atoms with Crippen molar-refractivity contribution in [2.75, 3.05) is 0 Å². The fraction of sp³-hybridized carbons (Fsp3) is 0.412. The zero-order chi connectivity index (χ0) is 16.5. The van der Waals surface area contributed by atoms with Gasteiger partial charge in [0.15, 0.2) is 6.79 Å². The zero-order valence-corrected chi connectivity index (χ0v) is 12.9. The van der Waals surface area contributed by atoms with E-state index in [1.807, 2.05) is 30.3 Å². The second-order valence-corrected chi connectivity index (χ2v) is 5.29. The number of carbonyl (C=O) groups excluding carboxylic acids is 4. The Morgan fingerprint density at radius 2 is 1.73 bits per heavy atom. The maximum atomic E-state index is 11.9. The molecule has 0 amide bonds. The van der Waals surface area contributed by atoms with E-state index in [-0.39, 0.29) is 25.2 Å². The van der Waals surface area contributed by atoms with Gasteiger partial charge in [-0.3, -0.25) is 14.0 Å². The predicted octanol–water partition coefficient (Wildman–Crippen LogP) is 2.24. The minimum atomic E-state index is -0.562. The number of ketones is 1. The lowest BCUT2D eigenvalue weighted by Crippen LogP contribution is -2.22. The van der Waals surface area contributed by atoms with Gasteiger partial charge in [-0.2, -0.15) is 0 Å². The molecule has 0 aromatic heterocycles. The normalized spacial score (nSPS) is 13.0. The third-order valence-electron chi connectivity index (χ3n) is 3.32. The summed E-state index contributed by atoms with van der Waals surface area (Å²) in [5.41, 5.74) is 0.890. The van der Waals surface area contributed by atoms with Gasteiger partial charge < -0.3 is 4.74 Å². The molecule has 22 heavy (non-hydrogen) atoms. The molecule has 2 atom stereocenters. The van der Waals surface area contributed by atoms with E-state index in [4.69, 9.17) is 4.74 Å². The van der Waals surface area contributed by atoms with Crippen LogP contribution in [0.2, 0.25) is 0 Å². The molecule has 0 heterocycles. The Bertz CT molecular complexity index is 535. The van der Waals surface area contributed by atoms with Crippen molar-refractivity contribution in [3.05, 3.63) is 35.9 Å². The van der Waals surface area contributed by atoms with Crippen LogP contribution in [-0.2, 0) is 30.2 Å². The van der Waals surface area contributed by atoms with Crippen LogP contribution >= 0.6 is 0 Å². The molecule has 0 bridgehead atoms. The summed E-state index contributed by atoms with van der Waals surface area (Å²) < 4.78 is 9.46. The first-order valence-electron chi connectivity index (χ1n) is 7.12. The van der Waals surface area contributed by atoms with E-state index in [1.54, 1.807) is 13.8 Å². The molecule has 0 fully saturated rings. The highest BCUT2D eigenvalue weighted by Crippen LogP contribution is 2.13. The molecule has 0 saturated carbocycles. The summed E-state index contributed by atoms with van der Waals surface area (Å²) in [6.07, 6.45) is 0.0271. The van der Waals surface area contributed by atoms with Gasteiger partial charge in [0.1, 0.15) is 18.3 Å². The van der Waals surface area contributed by atoms with E-state index >= 15 is 0 Å². The van der Waals surface area contributed by atoms with Crippen molar-refractivity contribution in [2.24, 2.45) is 11.8 Å². The van der Waals surface area contributed by atoms with Crippen LogP contribution < -0.4 is 0 Å². The molecule has 1 aromatic carbocycles. The van der Waals surface area contributed by atoms with Crippen molar-refractivity contribution in [3.8, 4) is 0 Å². The van der Waals surface area contributed by atoms with Gasteiger partial charge in [0.25, 0.3) is 0 Å². The molecule has 5 nitrogen and oxygen atoms in total. The largest absolute Gasteiger partial charge is 0.582 e. The van der Waals surface area contributed by atoms with Gasteiger partial charge in [0.2, 0.25) is 0 Å². The van der Waals surface area contributed by atoms with Crippen LogP contribution in [0.5, 0.6) is 0 Å². The van der Waals surface area contributed by atoms with Crippen LogP contribution in [0.25, 0.3) is 0 Å². The first-order valence-corrected chi connectivity index (χ1v) is 7.12. The molecule has 1 aromatic rings. The molecule has 0 aliphatic carbocycles. The van der Waals surface area contributed by atoms with E-state index in [2.05, 4.69) is 11.2 Å². The highest BCUT2D eigenvalue weighted by molar-refractivity contribution is 5.87. The molecule has 5 heteroatoms. The molecule has 0 spiro atoms. The Kier molecular flexibility index (Phi) is 7.16. The van der Waals surface area contributed by atoms with Crippen LogP contribution in [0.15, 0.2) is 30.3 Å². The van der Waals surface area contributed by atoms with E-state index < -0.39 is 23.8 Å². The van der Waals surface area contributed by atoms with Crippen molar-refractivity contribution < 1.29 is 23.5 Å². The number of hydrogen-bond donors (Lipinski definition) is 0. The topological polar surface area (TPSA) is 71.7 Å². The number of rotatable bonds is 8. The van der Waals surface area contributed by atoms with Gasteiger partial charge in [0.05, 0.1) is 6.42 Å². The lowest BCUT2D eigenvalue weighted by molar-refractivity contribution is -0.373. The van der Waals surface area contributed by atoms with Gasteiger partial charge in [-0.15, -0.1) is 0 Å². The average molecular weight is 305 g/mol. The van der Waals surface area contributed by atoms with Gasteiger partial charge in [-0.1, -0.05) is 37.3 Å². The standard InChI is InChI=1S/C17H21O5/c1-12(15(18)9-13(2)17(20)21-3)10-16(19)22-11-14-7-5-4-6-8-14/h4-8,12-13H,3,9-11H2,1-2H3/q+1/t12-,13-/m1/s1. The predicted molar refractivity (Wildman–Crippen MR) is 80.9 cm³/mol. The Morgan fingerprint density at radius 3 is 2.32 bits per heavy atom. The summed E-state index contributed by atoms with van der Waals surface area (Å²) in [5, 5.41) is 0. The number of ether oxygens (including phenoxy) is 1. The molecule has 0 aliphatic rings. The van der Waals surface area contributed by atoms with Crippen LogP contribution in [0.3, 0.4) is 0 Å². The number of carbonyl (C=O) groups is 3. The third kappa shape index (κ3) is 5.99. The Morgan fingerprint density at radius 1 is 1.09 bits per heavy atom. The summed E-state index contributed by atoms with van der Waals surface area (Å²) >= 11 is 0. The summed E-state index contributed by atoms with van der Waals surface area (Å²) in [6, 6.07) is 9.31. The minimum absolute atomic E-state index is 0.00217. The highest BCUT2D eigenvalue weighted by Gasteiger charge is 2.29. The Balaban J connectivity index is 2.38. The third-order valence-corrected chi connectivity index (χ3v) is 3.32. The lowest BCUT2D eigenvalue weighted by atomic mass is 9.94. The van der Waals surface area contributed by atoms with E-state index in [0.717, 1.165) is 5.56 Å². The molecular formula is C17H21O5+. The van der Waals surface area contributed by atoms with Crippen LogP contribution in [0.4, 0.5) is 0 Å². The molecular weight excluding hydrogens is 284 g/mol. The fourth-order valence-corrected chi connectivity index (χ4v) is 1.89. The molecule has 1 rings (SSSR count). The van der Waals surface area contributed by atoms with Gasteiger partial charge >= 0.3 is 11.9 Å². The van der Waals surface area contributed by atoms with E-state index in [0.29, 0.717) is 0 Å². The fourth-order valence-electron chi connectivity index (χ4n) is 1.89. The molecule has 118 valence electrons. The zero-order valence-electron chi connectivity index (χ0n) is 12.9. The van der Waals surface area contributed by atoms with Crippen molar-refractivity contribution in [1.29, 1.82) is 0 Å². The van der Waals surface area contributed by atoms with Crippen LogP contribution in [0.1, 0.15) is 32.3 Å². The monoisotopic (exact) mass is 305 g/mol. The molecule has 0 N–H and O–H groups in total. The molecule has 0 aliphatic heterocycles. The second-order valence-electron chi connectivity index (χ2n) is 5.29. The first-order chi connectivity index (χ1) is 10.4. The average Bonchev–Trinajstić information content (AvgIpc) is 2.52. The SMILES string of the molecule is C=[O+]C(=O)[C@H](C)CC(=O)[C@H](C)CC(=O)OCc1ccccc1. The van der Waals surface area contributed by atoms with Crippen molar-refractivity contribution in [1.82, 2.24) is 0 Å². The lowest BCUT2D eigenvalue weighted by Gasteiger charge is -2.11. The Hall–Kier alpha value is -2.30. The van der Waals surface area contributed by atoms with E-state index in [1.165, 1.54) is 0 Å². The second kappa shape index (κ2) is 8.87. The van der Waals surface area contributed by atoms with Crippen molar-refractivity contribution >= 4 is 24.5 Å². The van der Waals surface area contributed by atoms with Crippen LogP contribution in [-0.4, -0.2) is 24.5 Å². The molecule has 0 radical (unpaired) electrons. The smallest absolute Gasteiger partial charge is 0.461 e. The van der Waals surface area contributed by atoms with Crippen molar-refractivity contribution in [2.45, 2.75) is 33.3 Å². The summed E-state index contributed by atoms with van der Waals surface area (Å²) in [7, 11) is 0. The molecule has 0 saturated heterocycles.